The number of nitrogens with two attached hydrogens (primary N) is 1. The summed E-state index contributed by atoms with van der Waals surface area (Å²) < 4.78 is 5.21. The second-order valence-electron chi connectivity index (χ2n) is 6.89. The summed E-state index contributed by atoms with van der Waals surface area (Å²) in [6, 6.07) is 20.3. The summed E-state index contributed by atoms with van der Waals surface area (Å²) in [7, 11) is 1.56. The molecule has 0 aliphatic heterocycles. The van der Waals surface area contributed by atoms with E-state index in [1.54, 1.807) is 31.4 Å². The van der Waals surface area contributed by atoms with Crippen molar-refractivity contribution in [1.29, 1.82) is 10.5 Å². The summed E-state index contributed by atoms with van der Waals surface area (Å²) in [5.74, 6) is 0.587. The molecule has 4 aromatic rings. The van der Waals surface area contributed by atoms with Crippen molar-refractivity contribution in [3.05, 3.63) is 82.0 Å². The van der Waals surface area contributed by atoms with Crippen LogP contribution in [0.2, 0.25) is 5.02 Å². The highest BCUT2D eigenvalue weighted by Gasteiger charge is 2.17. The zero-order chi connectivity index (χ0) is 22.0. The minimum Gasteiger partial charge on any atom is -0.495 e. The van der Waals surface area contributed by atoms with E-state index in [-0.39, 0.29) is 0 Å². The fourth-order valence-corrected chi connectivity index (χ4v) is 3.77. The lowest BCUT2D eigenvalue weighted by Crippen LogP contribution is -2.03. The van der Waals surface area contributed by atoms with E-state index in [4.69, 9.17) is 27.3 Å². The maximum Gasteiger partial charge on any atom is 0.137 e. The Hall–Kier alpha value is -4.13. The monoisotopic (exact) mass is 425 g/mol. The summed E-state index contributed by atoms with van der Waals surface area (Å²) in [5, 5.41) is 29.4. The molecule has 4 rings (SSSR count). The third-order valence-corrected chi connectivity index (χ3v) is 5.35. The van der Waals surface area contributed by atoms with Crippen molar-refractivity contribution in [3.63, 3.8) is 0 Å². The zero-order valence-electron chi connectivity index (χ0n) is 16.6. The Labute approximate surface area is 184 Å². The first-order chi connectivity index (χ1) is 15.0. The fourth-order valence-electron chi connectivity index (χ4n) is 3.49. The van der Waals surface area contributed by atoms with Gasteiger partial charge in [0.25, 0.3) is 0 Å². The van der Waals surface area contributed by atoms with Gasteiger partial charge in [0.05, 0.1) is 40.7 Å². The lowest BCUT2D eigenvalue weighted by molar-refractivity contribution is 0.415. The zero-order valence-corrected chi connectivity index (χ0v) is 17.3. The fraction of sp³-hybridized carbons (Fsp3) is 0.0833. The number of nitrogens with zero attached hydrogens (tertiary/aromatic N) is 4. The number of nitrogen functional groups attached to an aromatic ring is 1. The predicted octanol–water partition coefficient (Wildman–Crippen LogP) is 4.88. The summed E-state index contributed by atoms with van der Waals surface area (Å²) in [6.45, 7) is 0. The molecule has 6 nitrogen and oxygen atoms in total. The van der Waals surface area contributed by atoms with E-state index in [9.17, 15) is 5.26 Å². The Balaban J connectivity index is 1.89. The number of halogens is 1. The first kappa shape index (κ1) is 20.2. The van der Waals surface area contributed by atoms with Gasteiger partial charge in [-0.25, -0.2) is 0 Å². The lowest BCUT2D eigenvalue weighted by atomic mass is 9.97. The van der Waals surface area contributed by atoms with Gasteiger partial charge in [-0.3, -0.25) is 0 Å². The van der Waals surface area contributed by atoms with E-state index >= 15 is 0 Å². The molecule has 150 valence electrons. The van der Waals surface area contributed by atoms with Crippen molar-refractivity contribution < 1.29 is 4.74 Å². The van der Waals surface area contributed by atoms with Gasteiger partial charge in [-0.1, -0.05) is 35.9 Å². The number of hydrogen-bond donors (Lipinski definition) is 1. The maximum atomic E-state index is 9.47. The number of fused-ring (bicyclic) bond motifs is 1. The van der Waals surface area contributed by atoms with Crippen LogP contribution in [-0.4, -0.2) is 17.3 Å². The average molecular weight is 426 g/mol. The average Bonchev–Trinajstić information content (AvgIpc) is 2.79. The number of nitriles is 2. The number of methoxy groups -OCH3 is 1. The van der Waals surface area contributed by atoms with Crippen LogP contribution in [-0.2, 0) is 6.42 Å². The van der Waals surface area contributed by atoms with Crippen LogP contribution in [0.15, 0.2) is 54.6 Å². The normalized spacial score (nSPS) is 10.5. The van der Waals surface area contributed by atoms with E-state index in [1.807, 2.05) is 30.3 Å². The topological polar surface area (TPSA) is 109 Å². The molecule has 0 radical (unpaired) electrons. The third-order valence-electron chi connectivity index (χ3n) is 5.06. The molecule has 3 aromatic carbocycles. The number of hydrogen-bond acceptors (Lipinski definition) is 6. The van der Waals surface area contributed by atoms with Gasteiger partial charge in [-0.2, -0.15) is 15.6 Å². The van der Waals surface area contributed by atoms with Crippen LogP contribution in [0.4, 0.5) is 5.69 Å². The molecule has 0 spiro atoms. The highest BCUT2D eigenvalue weighted by molar-refractivity contribution is 6.32. The lowest BCUT2D eigenvalue weighted by Gasteiger charge is -2.13. The summed E-state index contributed by atoms with van der Waals surface area (Å²) in [4.78, 5) is 0. The molecular weight excluding hydrogens is 410 g/mol. The smallest absolute Gasteiger partial charge is 0.137 e. The minimum atomic E-state index is 0.361. The molecule has 0 atom stereocenters. The molecule has 0 unspecified atom stereocenters. The van der Waals surface area contributed by atoms with Gasteiger partial charge in [-0.05, 0) is 35.9 Å². The van der Waals surface area contributed by atoms with Crippen molar-refractivity contribution in [2.45, 2.75) is 6.42 Å². The van der Waals surface area contributed by atoms with Crippen LogP contribution in [0.25, 0.3) is 22.0 Å². The van der Waals surface area contributed by atoms with E-state index < -0.39 is 0 Å². The molecular formula is C24H16ClN5O. The van der Waals surface area contributed by atoms with E-state index in [1.165, 1.54) is 0 Å². The van der Waals surface area contributed by atoms with Gasteiger partial charge in [-0.15, -0.1) is 5.10 Å². The maximum absolute atomic E-state index is 9.47. The van der Waals surface area contributed by atoms with E-state index in [2.05, 4.69) is 22.3 Å². The van der Waals surface area contributed by atoms with Crippen LogP contribution in [0.3, 0.4) is 0 Å². The SMILES string of the molecule is COc1ccc(Cc2nnc(-c3ccc(C#N)cc3)c3ccc(C#N)c(N)c23)cc1Cl. The van der Waals surface area contributed by atoms with Gasteiger partial charge in [0.15, 0.2) is 0 Å². The quantitative estimate of drug-likeness (QED) is 0.467. The van der Waals surface area contributed by atoms with Gasteiger partial charge in [0.2, 0.25) is 0 Å². The van der Waals surface area contributed by atoms with Crippen LogP contribution < -0.4 is 10.5 Å². The second-order valence-corrected chi connectivity index (χ2v) is 7.30. The minimum absolute atomic E-state index is 0.361. The van der Waals surface area contributed by atoms with Gasteiger partial charge >= 0.3 is 0 Å². The molecule has 0 aliphatic carbocycles. The number of rotatable bonds is 4. The first-order valence-corrected chi connectivity index (χ1v) is 9.74. The highest BCUT2D eigenvalue weighted by atomic mass is 35.5. The summed E-state index contributed by atoms with van der Waals surface area (Å²) in [6.07, 6.45) is 0.431. The van der Waals surface area contributed by atoms with Crippen molar-refractivity contribution in [2.75, 3.05) is 12.8 Å². The van der Waals surface area contributed by atoms with Crippen LogP contribution >= 0.6 is 11.6 Å². The number of aromatic nitrogens is 2. The van der Waals surface area contributed by atoms with Crippen LogP contribution in [0.1, 0.15) is 22.4 Å². The van der Waals surface area contributed by atoms with Crippen molar-refractivity contribution in [3.8, 4) is 29.1 Å². The Morgan fingerprint density at radius 2 is 1.77 bits per heavy atom. The molecule has 0 bridgehead atoms. The molecule has 2 N–H and O–H groups in total. The van der Waals surface area contributed by atoms with Gasteiger partial charge < -0.3 is 10.5 Å². The Morgan fingerprint density at radius 1 is 1.00 bits per heavy atom. The standard InChI is InChI=1S/C24H16ClN5O/c1-31-21-9-4-15(10-19(21)25)11-20-22-18(8-7-17(13-27)23(22)28)24(30-29-20)16-5-2-14(12-26)3-6-16/h2-10H,11,28H2,1H3. The van der Waals surface area contributed by atoms with Crippen LogP contribution in [0.5, 0.6) is 5.75 Å². The molecule has 0 aliphatic rings. The largest absolute Gasteiger partial charge is 0.495 e. The molecule has 0 fully saturated rings. The number of benzene rings is 3. The summed E-state index contributed by atoms with van der Waals surface area (Å²) in [5.41, 5.74) is 10.7. The first-order valence-electron chi connectivity index (χ1n) is 9.36. The Morgan fingerprint density at radius 3 is 2.42 bits per heavy atom. The second kappa shape index (κ2) is 8.31. The highest BCUT2D eigenvalue weighted by Crippen LogP contribution is 2.34. The molecule has 31 heavy (non-hydrogen) atoms. The van der Waals surface area contributed by atoms with Crippen molar-refractivity contribution >= 4 is 28.1 Å². The van der Waals surface area contributed by atoms with Crippen LogP contribution in [0, 0.1) is 22.7 Å². The molecule has 1 heterocycles. The summed E-state index contributed by atoms with van der Waals surface area (Å²) >= 11 is 6.27. The van der Waals surface area contributed by atoms with Crippen molar-refractivity contribution in [2.24, 2.45) is 0 Å². The Kier molecular flexibility index (Phi) is 5.41. The predicted molar refractivity (Wildman–Crippen MR) is 120 cm³/mol. The van der Waals surface area contributed by atoms with E-state index in [0.717, 1.165) is 16.5 Å². The number of ether oxygens (including phenoxy) is 1. The van der Waals surface area contributed by atoms with Crippen molar-refractivity contribution in [1.82, 2.24) is 10.2 Å². The molecule has 0 amide bonds. The molecule has 1 aromatic heterocycles. The van der Waals surface area contributed by atoms with Gasteiger partial charge in [0.1, 0.15) is 17.5 Å². The molecule has 7 heteroatoms. The van der Waals surface area contributed by atoms with E-state index in [0.29, 0.717) is 50.8 Å². The molecule has 0 saturated carbocycles. The number of anilines is 1. The Bertz CT molecular complexity index is 1380. The van der Waals surface area contributed by atoms with Gasteiger partial charge in [0, 0.05) is 22.8 Å². The third kappa shape index (κ3) is 3.73. The molecule has 0 saturated heterocycles.